The molecule has 1 aromatic rings. The monoisotopic (exact) mass is 240 g/mol. The first kappa shape index (κ1) is 12.0. The van der Waals surface area contributed by atoms with E-state index >= 15 is 0 Å². The Morgan fingerprint density at radius 1 is 1.53 bits per heavy atom. The van der Waals surface area contributed by atoms with Crippen LogP contribution in [0.3, 0.4) is 0 Å². The zero-order chi connectivity index (χ0) is 12.3. The summed E-state index contributed by atoms with van der Waals surface area (Å²) in [4.78, 5) is 11.5. The van der Waals surface area contributed by atoms with Gasteiger partial charge in [0.25, 0.3) is 0 Å². The van der Waals surface area contributed by atoms with Crippen LogP contribution in [-0.4, -0.2) is 44.5 Å². The van der Waals surface area contributed by atoms with Gasteiger partial charge in [0.2, 0.25) is 0 Å². The molecule has 7 heteroatoms. The number of hydrogen-bond donors (Lipinski definition) is 1. The molecule has 0 aliphatic carbocycles. The summed E-state index contributed by atoms with van der Waals surface area (Å²) in [7, 11) is 0. The lowest BCUT2D eigenvalue weighted by Crippen LogP contribution is -2.41. The summed E-state index contributed by atoms with van der Waals surface area (Å²) in [6, 6.07) is 0. The van der Waals surface area contributed by atoms with Gasteiger partial charge in [-0.15, -0.1) is 5.10 Å². The smallest absolute Gasteiger partial charge is 0.311 e. The summed E-state index contributed by atoms with van der Waals surface area (Å²) in [6.07, 6.45) is 1.70. The van der Waals surface area contributed by atoms with Crippen molar-refractivity contribution in [2.24, 2.45) is 5.41 Å². The highest BCUT2D eigenvalue weighted by Crippen LogP contribution is 2.32. The second-order valence-electron chi connectivity index (χ2n) is 4.30. The molecule has 94 valence electrons. The van der Waals surface area contributed by atoms with Crippen LogP contribution < -0.4 is 0 Å². The number of ether oxygens (including phenoxy) is 1. The number of nitrogens with zero attached hydrogens (tertiary/aromatic N) is 4. The minimum Gasteiger partial charge on any atom is -0.481 e. The van der Waals surface area contributed by atoms with E-state index in [0.717, 1.165) is 5.82 Å². The third-order valence-corrected chi connectivity index (χ3v) is 3.28. The van der Waals surface area contributed by atoms with Gasteiger partial charge in [-0.3, -0.25) is 4.79 Å². The largest absolute Gasteiger partial charge is 0.481 e. The standard InChI is InChI=1S/C10H16N4O3/c1-2-8-11-12-13-14(8)7-10(9(15)16)3-5-17-6-4-10/h2-7H2,1H3,(H,15,16). The summed E-state index contributed by atoms with van der Waals surface area (Å²) in [5, 5.41) is 20.7. The van der Waals surface area contributed by atoms with Gasteiger partial charge in [-0.25, -0.2) is 4.68 Å². The van der Waals surface area contributed by atoms with Gasteiger partial charge in [0.05, 0.1) is 12.0 Å². The van der Waals surface area contributed by atoms with Gasteiger partial charge in [-0.05, 0) is 23.3 Å². The fourth-order valence-corrected chi connectivity index (χ4v) is 2.09. The molecule has 1 N–H and O–H groups in total. The van der Waals surface area contributed by atoms with Crippen molar-refractivity contribution in [1.29, 1.82) is 0 Å². The Kier molecular flexibility index (Phi) is 3.37. The first-order chi connectivity index (χ1) is 8.18. The maximum absolute atomic E-state index is 11.5. The lowest BCUT2D eigenvalue weighted by Gasteiger charge is -2.32. The van der Waals surface area contributed by atoms with E-state index < -0.39 is 11.4 Å². The first-order valence-electron chi connectivity index (χ1n) is 5.74. The summed E-state index contributed by atoms with van der Waals surface area (Å²) in [5.41, 5.74) is -0.794. The van der Waals surface area contributed by atoms with Crippen LogP contribution in [0.5, 0.6) is 0 Å². The third-order valence-electron chi connectivity index (χ3n) is 3.28. The number of aromatic nitrogens is 4. The Hall–Kier alpha value is -1.50. The average molecular weight is 240 g/mol. The topological polar surface area (TPSA) is 90.1 Å². The Labute approximate surface area is 98.8 Å². The highest BCUT2D eigenvalue weighted by Gasteiger charge is 2.41. The van der Waals surface area contributed by atoms with Crippen molar-refractivity contribution >= 4 is 5.97 Å². The molecule has 0 amide bonds. The molecule has 0 spiro atoms. The molecule has 0 radical (unpaired) electrons. The van der Waals surface area contributed by atoms with Gasteiger partial charge in [-0.1, -0.05) is 6.92 Å². The molecule has 2 rings (SSSR count). The van der Waals surface area contributed by atoms with Crippen LogP contribution in [0.4, 0.5) is 0 Å². The SMILES string of the molecule is CCc1nnnn1CC1(C(=O)O)CCOCC1. The molecule has 1 aliphatic heterocycles. The number of rotatable bonds is 4. The molecular formula is C10H16N4O3. The van der Waals surface area contributed by atoms with Crippen molar-refractivity contribution < 1.29 is 14.6 Å². The highest BCUT2D eigenvalue weighted by atomic mass is 16.5. The number of aliphatic carboxylic acids is 1. The molecular weight excluding hydrogens is 224 g/mol. The van der Waals surface area contributed by atoms with Crippen molar-refractivity contribution in [3.05, 3.63) is 5.82 Å². The van der Waals surface area contributed by atoms with Crippen LogP contribution in [0, 0.1) is 5.41 Å². The van der Waals surface area contributed by atoms with Gasteiger partial charge in [0, 0.05) is 19.6 Å². The van der Waals surface area contributed by atoms with Crippen molar-refractivity contribution in [2.75, 3.05) is 13.2 Å². The fraction of sp³-hybridized carbons (Fsp3) is 0.800. The molecule has 17 heavy (non-hydrogen) atoms. The zero-order valence-electron chi connectivity index (χ0n) is 9.80. The minimum absolute atomic E-state index is 0.321. The average Bonchev–Trinajstić information content (AvgIpc) is 2.77. The van der Waals surface area contributed by atoms with E-state index in [1.807, 2.05) is 6.92 Å². The van der Waals surface area contributed by atoms with Crippen LogP contribution in [0.1, 0.15) is 25.6 Å². The van der Waals surface area contributed by atoms with Gasteiger partial charge < -0.3 is 9.84 Å². The van der Waals surface area contributed by atoms with E-state index in [1.165, 1.54) is 0 Å². The van der Waals surface area contributed by atoms with E-state index in [2.05, 4.69) is 15.5 Å². The number of carboxylic acids is 1. The van der Waals surface area contributed by atoms with Gasteiger partial charge in [-0.2, -0.15) is 0 Å². The van der Waals surface area contributed by atoms with Gasteiger partial charge in [0.1, 0.15) is 0 Å². The number of hydrogen-bond acceptors (Lipinski definition) is 5. The summed E-state index contributed by atoms with van der Waals surface area (Å²) >= 11 is 0. The van der Waals surface area contributed by atoms with Crippen molar-refractivity contribution in [3.63, 3.8) is 0 Å². The lowest BCUT2D eigenvalue weighted by atomic mass is 9.80. The van der Waals surface area contributed by atoms with Crippen LogP contribution in [-0.2, 0) is 22.5 Å². The number of carboxylic acid groups (broad SMARTS) is 1. The normalized spacial score (nSPS) is 19.1. The van der Waals surface area contributed by atoms with Gasteiger partial charge in [0.15, 0.2) is 5.82 Å². The number of tetrazole rings is 1. The molecule has 2 heterocycles. The summed E-state index contributed by atoms with van der Waals surface area (Å²) in [5.74, 6) is -0.0736. The summed E-state index contributed by atoms with van der Waals surface area (Å²) < 4.78 is 6.82. The van der Waals surface area contributed by atoms with Crippen LogP contribution >= 0.6 is 0 Å². The van der Waals surface area contributed by atoms with E-state index in [-0.39, 0.29) is 0 Å². The Bertz CT molecular complexity index is 398. The van der Waals surface area contributed by atoms with Crippen molar-refractivity contribution in [1.82, 2.24) is 20.2 Å². The van der Waals surface area contributed by atoms with E-state index in [0.29, 0.717) is 39.0 Å². The highest BCUT2D eigenvalue weighted by molar-refractivity contribution is 5.74. The Morgan fingerprint density at radius 3 is 2.82 bits per heavy atom. The molecule has 0 unspecified atom stereocenters. The molecule has 1 aliphatic rings. The van der Waals surface area contributed by atoms with Crippen LogP contribution in [0.15, 0.2) is 0 Å². The second-order valence-corrected chi connectivity index (χ2v) is 4.30. The molecule has 0 saturated carbocycles. The number of carbonyl (C=O) groups is 1. The molecule has 0 atom stereocenters. The zero-order valence-corrected chi connectivity index (χ0v) is 9.80. The predicted octanol–water partition coefficient (Wildman–Crippen LogP) is 0.117. The van der Waals surface area contributed by atoms with Crippen LogP contribution in [0.2, 0.25) is 0 Å². The quantitative estimate of drug-likeness (QED) is 0.803. The molecule has 1 saturated heterocycles. The fourth-order valence-electron chi connectivity index (χ4n) is 2.09. The maximum atomic E-state index is 11.5. The third kappa shape index (κ3) is 2.28. The predicted molar refractivity (Wildman–Crippen MR) is 57.3 cm³/mol. The lowest BCUT2D eigenvalue weighted by molar-refractivity contribution is -0.156. The Balaban J connectivity index is 2.20. The Morgan fingerprint density at radius 2 is 2.24 bits per heavy atom. The molecule has 0 aromatic carbocycles. The van der Waals surface area contributed by atoms with E-state index in [9.17, 15) is 9.90 Å². The van der Waals surface area contributed by atoms with E-state index in [1.54, 1.807) is 4.68 Å². The van der Waals surface area contributed by atoms with E-state index in [4.69, 9.17) is 4.74 Å². The van der Waals surface area contributed by atoms with Crippen molar-refractivity contribution in [2.45, 2.75) is 32.7 Å². The molecule has 1 aromatic heterocycles. The minimum atomic E-state index is -0.794. The second kappa shape index (κ2) is 4.79. The molecule has 7 nitrogen and oxygen atoms in total. The summed E-state index contributed by atoms with van der Waals surface area (Å²) in [6.45, 7) is 3.23. The van der Waals surface area contributed by atoms with Crippen molar-refractivity contribution in [3.8, 4) is 0 Å². The number of aryl methyl sites for hydroxylation is 1. The maximum Gasteiger partial charge on any atom is 0.311 e. The van der Waals surface area contributed by atoms with Crippen LogP contribution in [0.25, 0.3) is 0 Å². The molecule has 0 bridgehead atoms. The first-order valence-corrected chi connectivity index (χ1v) is 5.74. The van der Waals surface area contributed by atoms with Gasteiger partial charge >= 0.3 is 5.97 Å². The molecule has 1 fully saturated rings.